The van der Waals surface area contributed by atoms with Crippen LogP contribution in [0.4, 0.5) is 17.1 Å². The van der Waals surface area contributed by atoms with Crippen molar-refractivity contribution >= 4 is 33.0 Å². The van der Waals surface area contributed by atoms with E-state index in [1.807, 2.05) is 6.07 Å². The summed E-state index contributed by atoms with van der Waals surface area (Å²) in [6.07, 6.45) is 0. The van der Waals surface area contributed by atoms with Gasteiger partial charge < -0.3 is 10.1 Å². The van der Waals surface area contributed by atoms with E-state index < -0.39 is 4.92 Å². The zero-order valence-corrected chi connectivity index (χ0v) is 12.5. The smallest absolute Gasteiger partial charge is 0.289 e. The van der Waals surface area contributed by atoms with Gasteiger partial charge in [0.05, 0.1) is 17.7 Å². The van der Waals surface area contributed by atoms with Crippen LogP contribution in [-0.2, 0) is 0 Å². The Bertz CT molecular complexity index is 741. The van der Waals surface area contributed by atoms with Gasteiger partial charge in [-0.3, -0.25) is 10.1 Å². The maximum atomic E-state index is 11.0. The third-order valence-electron chi connectivity index (χ3n) is 2.76. The van der Waals surface area contributed by atoms with Crippen molar-refractivity contribution in [2.24, 2.45) is 0 Å². The van der Waals surface area contributed by atoms with Crippen LogP contribution in [0.25, 0.3) is 0 Å². The van der Waals surface area contributed by atoms with E-state index in [0.717, 1.165) is 4.47 Å². The number of hydrogen-bond acceptors (Lipinski definition) is 5. The SMILES string of the molecule is COc1ccc(Br)cc1Nc1ccc(C#N)c([N+](=O)[O-])c1. The van der Waals surface area contributed by atoms with Crippen molar-refractivity contribution in [1.82, 2.24) is 0 Å². The lowest BCUT2D eigenvalue weighted by Crippen LogP contribution is -1.97. The summed E-state index contributed by atoms with van der Waals surface area (Å²) in [7, 11) is 1.54. The number of rotatable bonds is 4. The Labute approximate surface area is 129 Å². The van der Waals surface area contributed by atoms with Crippen LogP contribution in [0.5, 0.6) is 5.75 Å². The molecule has 0 unspecified atom stereocenters. The summed E-state index contributed by atoms with van der Waals surface area (Å²) in [5, 5.41) is 22.9. The number of nitriles is 1. The van der Waals surface area contributed by atoms with Gasteiger partial charge in [-0.25, -0.2) is 0 Å². The molecular weight excluding hydrogens is 338 g/mol. The quantitative estimate of drug-likeness (QED) is 0.667. The van der Waals surface area contributed by atoms with Gasteiger partial charge in [0, 0.05) is 16.2 Å². The average Bonchev–Trinajstić information content (AvgIpc) is 2.47. The number of halogens is 1. The molecule has 0 saturated heterocycles. The molecule has 106 valence electrons. The second kappa shape index (κ2) is 6.24. The van der Waals surface area contributed by atoms with E-state index >= 15 is 0 Å². The Balaban J connectivity index is 2.41. The highest BCUT2D eigenvalue weighted by molar-refractivity contribution is 9.10. The Kier molecular flexibility index (Phi) is 4.40. The first kappa shape index (κ1) is 14.8. The highest BCUT2D eigenvalue weighted by Crippen LogP contribution is 2.32. The third-order valence-corrected chi connectivity index (χ3v) is 3.25. The van der Waals surface area contributed by atoms with E-state index in [0.29, 0.717) is 17.1 Å². The van der Waals surface area contributed by atoms with Crippen molar-refractivity contribution in [3.8, 4) is 11.8 Å². The van der Waals surface area contributed by atoms with Gasteiger partial charge in [-0.1, -0.05) is 15.9 Å². The first-order valence-corrected chi connectivity index (χ1v) is 6.63. The first-order valence-electron chi connectivity index (χ1n) is 5.84. The van der Waals surface area contributed by atoms with Crippen molar-refractivity contribution in [2.45, 2.75) is 0 Å². The molecule has 2 aromatic rings. The van der Waals surface area contributed by atoms with E-state index in [2.05, 4.69) is 21.2 Å². The highest BCUT2D eigenvalue weighted by atomic mass is 79.9. The summed E-state index contributed by atoms with van der Waals surface area (Å²) in [5.41, 5.74) is 0.936. The molecule has 0 heterocycles. The highest BCUT2D eigenvalue weighted by Gasteiger charge is 2.15. The normalized spacial score (nSPS) is 9.76. The second-order valence-corrected chi connectivity index (χ2v) is 4.99. The lowest BCUT2D eigenvalue weighted by atomic mass is 10.1. The Morgan fingerprint density at radius 2 is 2.10 bits per heavy atom. The molecule has 0 amide bonds. The molecule has 7 heteroatoms. The maximum Gasteiger partial charge on any atom is 0.289 e. The number of anilines is 2. The largest absolute Gasteiger partial charge is 0.495 e. The predicted octanol–water partition coefficient (Wildman–Crippen LogP) is 3.98. The van der Waals surface area contributed by atoms with Gasteiger partial charge in [-0.05, 0) is 30.3 Å². The van der Waals surface area contributed by atoms with Crippen LogP contribution < -0.4 is 10.1 Å². The van der Waals surface area contributed by atoms with Gasteiger partial charge in [0.2, 0.25) is 0 Å². The van der Waals surface area contributed by atoms with Crippen LogP contribution in [0.15, 0.2) is 40.9 Å². The van der Waals surface area contributed by atoms with Crippen LogP contribution >= 0.6 is 15.9 Å². The van der Waals surface area contributed by atoms with E-state index in [9.17, 15) is 10.1 Å². The predicted molar refractivity (Wildman–Crippen MR) is 81.8 cm³/mol. The molecule has 0 aliphatic rings. The van der Waals surface area contributed by atoms with Crippen LogP contribution in [-0.4, -0.2) is 12.0 Å². The molecule has 21 heavy (non-hydrogen) atoms. The van der Waals surface area contributed by atoms with Crippen LogP contribution in [0.3, 0.4) is 0 Å². The lowest BCUT2D eigenvalue weighted by Gasteiger charge is -2.11. The third kappa shape index (κ3) is 3.30. The summed E-state index contributed by atoms with van der Waals surface area (Å²) in [4.78, 5) is 10.4. The minimum absolute atomic E-state index is 0.0201. The Hall–Kier alpha value is -2.59. The van der Waals surface area contributed by atoms with E-state index in [-0.39, 0.29) is 11.3 Å². The summed E-state index contributed by atoms with van der Waals surface area (Å²) in [6, 6.07) is 11.5. The molecule has 0 aliphatic heterocycles. The van der Waals surface area contributed by atoms with Gasteiger partial charge in [0.1, 0.15) is 17.4 Å². The molecule has 0 atom stereocenters. The monoisotopic (exact) mass is 347 g/mol. The maximum absolute atomic E-state index is 11.0. The molecule has 0 fully saturated rings. The number of ether oxygens (including phenoxy) is 1. The fourth-order valence-corrected chi connectivity index (χ4v) is 2.15. The molecule has 0 spiro atoms. The lowest BCUT2D eigenvalue weighted by molar-refractivity contribution is -0.385. The molecule has 0 radical (unpaired) electrons. The van der Waals surface area contributed by atoms with Crippen LogP contribution in [0.1, 0.15) is 5.56 Å². The summed E-state index contributed by atoms with van der Waals surface area (Å²) < 4.78 is 6.07. The van der Waals surface area contributed by atoms with Crippen molar-refractivity contribution in [3.05, 3.63) is 56.5 Å². The fourth-order valence-electron chi connectivity index (χ4n) is 1.79. The molecule has 0 aromatic heterocycles. The average molecular weight is 348 g/mol. The minimum atomic E-state index is -0.581. The van der Waals surface area contributed by atoms with E-state index in [4.69, 9.17) is 10.00 Å². The minimum Gasteiger partial charge on any atom is -0.495 e. The van der Waals surface area contributed by atoms with Crippen LogP contribution in [0, 0.1) is 21.4 Å². The standard InChI is InChI=1S/C14H10BrN3O3/c1-21-14-5-3-10(15)6-12(14)17-11-4-2-9(8-16)13(7-11)18(19)20/h2-7,17H,1H3. The fraction of sp³-hybridized carbons (Fsp3) is 0.0714. The number of hydrogen-bond donors (Lipinski definition) is 1. The molecule has 0 aliphatic carbocycles. The number of nitrogens with one attached hydrogen (secondary N) is 1. The number of nitro groups is 1. The topological polar surface area (TPSA) is 88.2 Å². The number of nitro benzene ring substituents is 1. The van der Waals surface area contributed by atoms with E-state index in [1.54, 1.807) is 24.3 Å². The first-order chi connectivity index (χ1) is 10.0. The summed E-state index contributed by atoms with van der Waals surface area (Å²) >= 11 is 3.35. The van der Waals surface area contributed by atoms with Crippen molar-refractivity contribution in [3.63, 3.8) is 0 Å². The molecule has 0 bridgehead atoms. The number of nitrogens with zero attached hydrogens (tertiary/aromatic N) is 2. The van der Waals surface area contributed by atoms with Crippen molar-refractivity contribution in [1.29, 1.82) is 5.26 Å². The molecule has 2 aromatic carbocycles. The molecule has 6 nitrogen and oxygen atoms in total. The Morgan fingerprint density at radius 1 is 1.33 bits per heavy atom. The zero-order chi connectivity index (χ0) is 15.4. The molecule has 0 saturated carbocycles. The molecule has 1 N–H and O–H groups in total. The van der Waals surface area contributed by atoms with Gasteiger partial charge in [-0.15, -0.1) is 0 Å². The Morgan fingerprint density at radius 3 is 2.71 bits per heavy atom. The van der Waals surface area contributed by atoms with Gasteiger partial charge >= 0.3 is 0 Å². The summed E-state index contributed by atoms with van der Waals surface area (Å²) in [6.45, 7) is 0. The number of methoxy groups -OCH3 is 1. The summed E-state index contributed by atoms with van der Waals surface area (Å²) in [5.74, 6) is 0.602. The van der Waals surface area contributed by atoms with Gasteiger partial charge in [0.25, 0.3) is 5.69 Å². The second-order valence-electron chi connectivity index (χ2n) is 4.07. The molecule has 2 rings (SSSR count). The van der Waals surface area contributed by atoms with Crippen LogP contribution in [0.2, 0.25) is 0 Å². The van der Waals surface area contributed by atoms with Gasteiger partial charge in [-0.2, -0.15) is 5.26 Å². The van der Waals surface area contributed by atoms with Crippen molar-refractivity contribution in [2.75, 3.05) is 12.4 Å². The van der Waals surface area contributed by atoms with Gasteiger partial charge in [0.15, 0.2) is 0 Å². The van der Waals surface area contributed by atoms with E-state index in [1.165, 1.54) is 19.2 Å². The zero-order valence-electron chi connectivity index (χ0n) is 11.0. The number of benzene rings is 2. The molecular formula is C14H10BrN3O3. The van der Waals surface area contributed by atoms with Crippen molar-refractivity contribution < 1.29 is 9.66 Å².